The number of aryl methyl sites for hydroxylation is 1. The van der Waals surface area contributed by atoms with Crippen molar-refractivity contribution in [1.29, 1.82) is 0 Å². The average molecular weight is 285 g/mol. The SMILES string of the molecule is Cc1nn(-c2ccc(F)cc2F)c(N)c1-c1ccccc1. The van der Waals surface area contributed by atoms with E-state index in [1.54, 1.807) is 6.92 Å². The highest BCUT2D eigenvalue weighted by molar-refractivity contribution is 5.77. The third kappa shape index (κ3) is 2.27. The lowest BCUT2D eigenvalue weighted by molar-refractivity contribution is 0.574. The minimum atomic E-state index is -0.705. The van der Waals surface area contributed by atoms with E-state index in [0.29, 0.717) is 11.5 Å². The molecule has 0 aliphatic heterocycles. The number of nitrogens with two attached hydrogens (primary N) is 1. The molecule has 3 rings (SSSR count). The van der Waals surface area contributed by atoms with Crippen LogP contribution < -0.4 is 5.73 Å². The van der Waals surface area contributed by atoms with Gasteiger partial charge >= 0.3 is 0 Å². The van der Waals surface area contributed by atoms with Crippen LogP contribution in [0.25, 0.3) is 16.8 Å². The second-order valence-electron chi connectivity index (χ2n) is 4.72. The summed E-state index contributed by atoms with van der Waals surface area (Å²) in [5.41, 5.74) is 8.58. The van der Waals surface area contributed by atoms with Gasteiger partial charge in [-0.25, -0.2) is 13.5 Å². The van der Waals surface area contributed by atoms with E-state index in [2.05, 4.69) is 5.10 Å². The lowest BCUT2D eigenvalue weighted by Gasteiger charge is -2.06. The molecular formula is C16H13F2N3. The molecule has 0 saturated carbocycles. The molecule has 1 heterocycles. The van der Waals surface area contributed by atoms with Gasteiger partial charge in [0, 0.05) is 11.6 Å². The van der Waals surface area contributed by atoms with Crippen LogP contribution >= 0.6 is 0 Å². The zero-order valence-corrected chi connectivity index (χ0v) is 11.3. The molecule has 2 N–H and O–H groups in total. The maximum atomic E-state index is 13.9. The first-order valence-electron chi connectivity index (χ1n) is 6.44. The van der Waals surface area contributed by atoms with Crippen molar-refractivity contribution in [1.82, 2.24) is 9.78 Å². The maximum Gasteiger partial charge on any atom is 0.151 e. The predicted octanol–water partition coefficient (Wildman–Crippen LogP) is 3.71. The Morgan fingerprint density at radius 1 is 1.05 bits per heavy atom. The van der Waals surface area contributed by atoms with Crippen LogP contribution in [0.2, 0.25) is 0 Å². The number of aromatic nitrogens is 2. The van der Waals surface area contributed by atoms with Crippen molar-refractivity contribution in [3.63, 3.8) is 0 Å². The fourth-order valence-corrected chi connectivity index (χ4v) is 2.34. The monoisotopic (exact) mass is 285 g/mol. The van der Waals surface area contributed by atoms with Crippen LogP contribution in [0.5, 0.6) is 0 Å². The number of rotatable bonds is 2. The maximum absolute atomic E-state index is 13.9. The molecule has 0 aliphatic rings. The molecule has 0 bridgehead atoms. The lowest BCUT2D eigenvalue weighted by atomic mass is 10.1. The van der Waals surface area contributed by atoms with Crippen molar-refractivity contribution in [2.45, 2.75) is 6.92 Å². The summed E-state index contributed by atoms with van der Waals surface area (Å²) in [4.78, 5) is 0. The Morgan fingerprint density at radius 2 is 1.76 bits per heavy atom. The predicted molar refractivity (Wildman–Crippen MR) is 78.1 cm³/mol. The van der Waals surface area contributed by atoms with Gasteiger partial charge < -0.3 is 5.73 Å². The van der Waals surface area contributed by atoms with E-state index >= 15 is 0 Å². The molecule has 21 heavy (non-hydrogen) atoms. The highest BCUT2D eigenvalue weighted by atomic mass is 19.1. The van der Waals surface area contributed by atoms with Crippen LogP contribution in [0.4, 0.5) is 14.6 Å². The number of nitrogens with zero attached hydrogens (tertiary/aromatic N) is 2. The summed E-state index contributed by atoms with van der Waals surface area (Å²) in [6, 6.07) is 12.8. The van der Waals surface area contributed by atoms with E-state index in [4.69, 9.17) is 5.73 Å². The highest BCUT2D eigenvalue weighted by Crippen LogP contribution is 2.31. The molecule has 0 spiro atoms. The van der Waals surface area contributed by atoms with Crippen LogP contribution in [0, 0.1) is 18.6 Å². The van der Waals surface area contributed by atoms with Gasteiger partial charge in [-0.2, -0.15) is 5.10 Å². The third-order valence-electron chi connectivity index (χ3n) is 3.30. The molecule has 3 aromatic rings. The summed E-state index contributed by atoms with van der Waals surface area (Å²) < 4.78 is 28.2. The number of hydrogen-bond donors (Lipinski definition) is 1. The molecule has 1 aromatic heterocycles. The van der Waals surface area contributed by atoms with Crippen LogP contribution in [-0.4, -0.2) is 9.78 Å². The second-order valence-corrected chi connectivity index (χ2v) is 4.72. The van der Waals surface area contributed by atoms with Crippen molar-refractivity contribution >= 4 is 5.82 Å². The first kappa shape index (κ1) is 13.3. The van der Waals surface area contributed by atoms with Gasteiger partial charge in [0.05, 0.1) is 5.69 Å². The van der Waals surface area contributed by atoms with Crippen LogP contribution in [0.3, 0.4) is 0 Å². The fraction of sp³-hybridized carbons (Fsp3) is 0.0625. The molecule has 0 unspecified atom stereocenters. The Kier molecular flexibility index (Phi) is 3.17. The van der Waals surface area contributed by atoms with Gasteiger partial charge in [-0.15, -0.1) is 0 Å². The van der Waals surface area contributed by atoms with Crippen LogP contribution in [0.15, 0.2) is 48.5 Å². The zero-order valence-electron chi connectivity index (χ0n) is 11.3. The van der Waals surface area contributed by atoms with Crippen molar-refractivity contribution < 1.29 is 8.78 Å². The lowest BCUT2D eigenvalue weighted by Crippen LogP contribution is -2.05. The molecule has 0 atom stereocenters. The summed E-state index contributed by atoms with van der Waals surface area (Å²) in [6.45, 7) is 1.80. The van der Waals surface area contributed by atoms with Gasteiger partial charge in [0.15, 0.2) is 5.82 Å². The molecule has 0 aliphatic carbocycles. The molecule has 5 heteroatoms. The van der Waals surface area contributed by atoms with Gasteiger partial charge in [-0.1, -0.05) is 30.3 Å². The Bertz CT molecular complexity index is 795. The fourth-order valence-electron chi connectivity index (χ4n) is 2.34. The summed E-state index contributed by atoms with van der Waals surface area (Å²) in [7, 11) is 0. The summed E-state index contributed by atoms with van der Waals surface area (Å²) >= 11 is 0. The van der Waals surface area contributed by atoms with Gasteiger partial charge in [-0.3, -0.25) is 0 Å². The Morgan fingerprint density at radius 3 is 2.43 bits per heavy atom. The molecule has 3 nitrogen and oxygen atoms in total. The molecule has 2 aromatic carbocycles. The smallest absolute Gasteiger partial charge is 0.151 e. The Labute approximate surface area is 120 Å². The Balaban J connectivity index is 2.18. The topological polar surface area (TPSA) is 43.8 Å². The summed E-state index contributed by atoms with van der Waals surface area (Å²) in [5, 5.41) is 4.28. The van der Waals surface area contributed by atoms with Crippen molar-refractivity contribution in [2.75, 3.05) is 5.73 Å². The van der Waals surface area contributed by atoms with E-state index < -0.39 is 11.6 Å². The van der Waals surface area contributed by atoms with Gasteiger partial charge in [0.1, 0.15) is 17.3 Å². The standard InChI is InChI=1S/C16H13F2N3/c1-10-15(11-5-3-2-4-6-11)16(19)21(20-10)14-8-7-12(17)9-13(14)18/h2-9H,19H2,1H3. The van der Waals surface area contributed by atoms with E-state index in [0.717, 1.165) is 17.2 Å². The van der Waals surface area contributed by atoms with E-state index in [1.165, 1.54) is 16.8 Å². The van der Waals surface area contributed by atoms with Crippen molar-refractivity contribution in [3.8, 4) is 16.8 Å². The van der Waals surface area contributed by atoms with Crippen LogP contribution in [0.1, 0.15) is 5.69 Å². The normalized spacial score (nSPS) is 10.8. The van der Waals surface area contributed by atoms with E-state index in [1.807, 2.05) is 30.3 Å². The number of nitrogen functional groups attached to an aromatic ring is 1. The van der Waals surface area contributed by atoms with Gasteiger partial charge in [-0.05, 0) is 24.6 Å². The molecule has 0 saturated heterocycles. The molecule has 0 radical (unpaired) electrons. The third-order valence-corrected chi connectivity index (χ3v) is 3.30. The number of anilines is 1. The van der Waals surface area contributed by atoms with Crippen molar-refractivity contribution in [3.05, 3.63) is 65.9 Å². The molecule has 0 fully saturated rings. The first-order valence-corrected chi connectivity index (χ1v) is 6.44. The molecular weight excluding hydrogens is 272 g/mol. The minimum absolute atomic E-state index is 0.124. The number of halogens is 2. The number of hydrogen-bond acceptors (Lipinski definition) is 2. The number of benzene rings is 2. The highest BCUT2D eigenvalue weighted by Gasteiger charge is 2.17. The van der Waals surface area contributed by atoms with Gasteiger partial charge in [0.2, 0.25) is 0 Å². The molecule has 0 amide bonds. The van der Waals surface area contributed by atoms with Crippen molar-refractivity contribution in [2.24, 2.45) is 0 Å². The van der Waals surface area contributed by atoms with E-state index in [-0.39, 0.29) is 5.69 Å². The van der Waals surface area contributed by atoms with E-state index in [9.17, 15) is 8.78 Å². The average Bonchev–Trinajstić information content (AvgIpc) is 2.75. The second kappa shape index (κ2) is 5.01. The largest absolute Gasteiger partial charge is 0.383 e. The first-order chi connectivity index (χ1) is 10.1. The van der Waals surface area contributed by atoms with Gasteiger partial charge in [0.25, 0.3) is 0 Å². The zero-order chi connectivity index (χ0) is 15.0. The Hall–Kier alpha value is -2.69. The quantitative estimate of drug-likeness (QED) is 0.780. The summed E-state index contributed by atoms with van der Waals surface area (Å²) in [5.74, 6) is -1.02. The minimum Gasteiger partial charge on any atom is -0.383 e. The summed E-state index contributed by atoms with van der Waals surface area (Å²) in [6.07, 6.45) is 0. The van der Waals surface area contributed by atoms with Crippen LogP contribution in [-0.2, 0) is 0 Å². The molecule has 106 valence electrons.